The fourth-order valence-corrected chi connectivity index (χ4v) is 3.85. The first kappa shape index (κ1) is 24.0. The molecule has 0 aliphatic carbocycles. The maximum atomic E-state index is 12.3. The molecule has 0 fully saturated rings. The van der Waals surface area contributed by atoms with E-state index < -0.39 is 41.2 Å². The van der Waals surface area contributed by atoms with Gasteiger partial charge in [-0.05, 0) is 47.9 Å². The van der Waals surface area contributed by atoms with Crippen LogP contribution in [0.5, 0.6) is 0 Å². The van der Waals surface area contributed by atoms with Gasteiger partial charge in [-0.2, -0.15) is 4.72 Å². The van der Waals surface area contributed by atoms with Crippen LogP contribution in [0.2, 0.25) is 0 Å². The average Bonchev–Trinajstić information content (AvgIpc) is 2.71. The molecule has 0 saturated heterocycles. The minimum Gasteiger partial charge on any atom is -0.454 e. The molecule has 0 radical (unpaired) electrons. The second-order valence-electron chi connectivity index (χ2n) is 6.74. The molecule has 2 rings (SSSR count). The molecule has 8 nitrogen and oxygen atoms in total. The van der Waals surface area contributed by atoms with Crippen LogP contribution >= 0.6 is 15.9 Å². The third kappa shape index (κ3) is 6.91. The molecule has 0 aliphatic rings. The third-order valence-corrected chi connectivity index (χ3v) is 6.11. The summed E-state index contributed by atoms with van der Waals surface area (Å²) in [4.78, 5) is 24.0. The number of halogens is 1. The fraction of sp³-hybridized carbons (Fsp3) is 0.300. The number of rotatable bonds is 9. The molecule has 0 saturated carbocycles. The number of hydrogen-bond donors (Lipinski definition) is 3. The fourth-order valence-electron chi connectivity index (χ4n) is 2.41. The number of aliphatic hydroxyl groups is 1. The molecule has 0 aromatic heterocycles. The van der Waals surface area contributed by atoms with Gasteiger partial charge >= 0.3 is 5.97 Å². The molecule has 2 aromatic carbocycles. The Balaban J connectivity index is 1.91. The molecular weight excluding hydrogens is 476 g/mol. The standard InChI is InChI=1S/C20H23BrN2O6S/c1-13(2)14-3-7-16(8-4-14)22-19(25)12-29-20(26)18(11-24)23-30(27,28)17-9-5-15(21)6-10-17/h3-10,13,18,23-24H,11-12H2,1-2H3,(H,22,25). The van der Waals surface area contributed by atoms with Crippen molar-refractivity contribution >= 4 is 43.5 Å². The number of carbonyl (C=O) groups is 2. The van der Waals surface area contributed by atoms with E-state index in [4.69, 9.17) is 4.74 Å². The van der Waals surface area contributed by atoms with Crippen molar-refractivity contribution in [2.45, 2.75) is 30.7 Å². The quantitative estimate of drug-likeness (QED) is 0.456. The largest absolute Gasteiger partial charge is 0.454 e. The topological polar surface area (TPSA) is 122 Å². The van der Waals surface area contributed by atoms with E-state index in [1.54, 1.807) is 12.1 Å². The summed E-state index contributed by atoms with van der Waals surface area (Å²) in [5.74, 6) is -1.30. The van der Waals surface area contributed by atoms with Gasteiger partial charge < -0.3 is 15.2 Å². The van der Waals surface area contributed by atoms with E-state index >= 15 is 0 Å². The van der Waals surface area contributed by atoms with Gasteiger partial charge in [0.25, 0.3) is 5.91 Å². The van der Waals surface area contributed by atoms with Gasteiger partial charge in [0.05, 0.1) is 11.5 Å². The highest BCUT2D eigenvalue weighted by Gasteiger charge is 2.27. The molecule has 0 aliphatic heterocycles. The van der Waals surface area contributed by atoms with Crippen LogP contribution in [0.25, 0.3) is 0 Å². The average molecular weight is 499 g/mol. The van der Waals surface area contributed by atoms with Crippen molar-refractivity contribution in [3.05, 3.63) is 58.6 Å². The van der Waals surface area contributed by atoms with Crippen molar-refractivity contribution in [1.82, 2.24) is 4.72 Å². The first-order valence-electron chi connectivity index (χ1n) is 9.07. The number of benzene rings is 2. The minimum atomic E-state index is -4.06. The summed E-state index contributed by atoms with van der Waals surface area (Å²) < 4.78 is 32.3. The molecule has 0 heterocycles. The van der Waals surface area contributed by atoms with E-state index in [0.717, 1.165) is 5.56 Å². The van der Waals surface area contributed by atoms with Crippen LogP contribution in [0, 0.1) is 0 Å². The van der Waals surface area contributed by atoms with E-state index in [-0.39, 0.29) is 4.90 Å². The zero-order chi connectivity index (χ0) is 22.3. The normalized spacial score (nSPS) is 12.4. The first-order valence-corrected chi connectivity index (χ1v) is 11.3. The molecule has 1 atom stereocenters. The molecule has 162 valence electrons. The molecule has 10 heteroatoms. The molecule has 1 unspecified atom stereocenters. The summed E-state index contributed by atoms with van der Waals surface area (Å²) in [5, 5.41) is 12.0. The number of ether oxygens (including phenoxy) is 1. The number of sulfonamides is 1. The number of esters is 1. The SMILES string of the molecule is CC(C)c1ccc(NC(=O)COC(=O)C(CO)NS(=O)(=O)c2ccc(Br)cc2)cc1. The van der Waals surface area contributed by atoms with Crippen molar-refractivity contribution in [2.75, 3.05) is 18.5 Å². The Hall–Kier alpha value is -2.27. The highest BCUT2D eigenvalue weighted by molar-refractivity contribution is 9.10. The van der Waals surface area contributed by atoms with E-state index in [0.29, 0.717) is 16.1 Å². The van der Waals surface area contributed by atoms with E-state index in [2.05, 4.69) is 39.8 Å². The zero-order valence-corrected chi connectivity index (χ0v) is 18.9. The lowest BCUT2D eigenvalue weighted by atomic mass is 10.0. The van der Waals surface area contributed by atoms with Crippen molar-refractivity contribution < 1.29 is 27.9 Å². The molecule has 3 N–H and O–H groups in total. The number of hydrogen-bond acceptors (Lipinski definition) is 6. The van der Waals surface area contributed by atoms with Crippen molar-refractivity contribution in [3.63, 3.8) is 0 Å². The summed E-state index contributed by atoms with van der Waals surface area (Å²) in [5.41, 5.74) is 1.65. The van der Waals surface area contributed by atoms with Crippen LogP contribution in [0.3, 0.4) is 0 Å². The maximum absolute atomic E-state index is 12.3. The predicted molar refractivity (Wildman–Crippen MR) is 115 cm³/mol. The number of carbonyl (C=O) groups excluding carboxylic acids is 2. The highest BCUT2D eigenvalue weighted by atomic mass is 79.9. The van der Waals surface area contributed by atoms with E-state index in [1.807, 2.05) is 12.1 Å². The number of aliphatic hydroxyl groups excluding tert-OH is 1. The van der Waals surface area contributed by atoms with Gasteiger partial charge in [0, 0.05) is 10.2 Å². The van der Waals surface area contributed by atoms with Crippen LogP contribution in [-0.4, -0.2) is 44.7 Å². The van der Waals surface area contributed by atoms with Crippen LogP contribution < -0.4 is 10.0 Å². The summed E-state index contributed by atoms with van der Waals surface area (Å²) in [7, 11) is -4.06. The van der Waals surface area contributed by atoms with Gasteiger partial charge in [-0.25, -0.2) is 8.42 Å². The van der Waals surface area contributed by atoms with Gasteiger partial charge in [-0.15, -0.1) is 0 Å². The van der Waals surface area contributed by atoms with Crippen molar-refractivity contribution in [1.29, 1.82) is 0 Å². The molecule has 0 spiro atoms. The van der Waals surface area contributed by atoms with Crippen molar-refractivity contribution in [2.24, 2.45) is 0 Å². The van der Waals surface area contributed by atoms with Crippen LogP contribution in [0.4, 0.5) is 5.69 Å². The lowest BCUT2D eigenvalue weighted by Crippen LogP contribution is -2.44. The maximum Gasteiger partial charge on any atom is 0.327 e. The van der Waals surface area contributed by atoms with E-state index in [9.17, 15) is 23.1 Å². The first-order chi connectivity index (χ1) is 14.1. The second kappa shape index (κ2) is 10.7. The number of nitrogens with one attached hydrogen (secondary N) is 2. The third-order valence-electron chi connectivity index (χ3n) is 4.10. The van der Waals surface area contributed by atoms with Gasteiger partial charge in [0.1, 0.15) is 6.04 Å². The van der Waals surface area contributed by atoms with Crippen molar-refractivity contribution in [3.8, 4) is 0 Å². The molecular formula is C20H23BrN2O6S. The molecule has 0 bridgehead atoms. The lowest BCUT2D eigenvalue weighted by molar-refractivity contribution is -0.149. The monoisotopic (exact) mass is 498 g/mol. The van der Waals surface area contributed by atoms with Gasteiger partial charge in [0.15, 0.2) is 6.61 Å². The Labute approximate surface area is 183 Å². The summed E-state index contributed by atoms with van der Waals surface area (Å²) in [6, 6.07) is 11.4. The Morgan fingerprint density at radius 3 is 2.20 bits per heavy atom. The molecule has 1 amide bonds. The van der Waals surface area contributed by atoms with Crippen LogP contribution in [0.15, 0.2) is 57.9 Å². The lowest BCUT2D eigenvalue weighted by Gasteiger charge is -2.16. The van der Waals surface area contributed by atoms with Gasteiger partial charge in [0.2, 0.25) is 10.0 Å². The minimum absolute atomic E-state index is 0.0838. The highest BCUT2D eigenvalue weighted by Crippen LogP contribution is 2.17. The molecule has 30 heavy (non-hydrogen) atoms. The van der Waals surface area contributed by atoms with E-state index in [1.165, 1.54) is 24.3 Å². The Morgan fingerprint density at radius 2 is 1.67 bits per heavy atom. The predicted octanol–water partition coefficient (Wildman–Crippen LogP) is 2.39. The number of amides is 1. The summed E-state index contributed by atoms with van der Waals surface area (Å²) in [6.45, 7) is 2.65. The summed E-state index contributed by atoms with van der Waals surface area (Å²) >= 11 is 3.20. The van der Waals surface area contributed by atoms with Crippen LogP contribution in [-0.2, 0) is 24.3 Å². The number of anilines is 1. The Bertz CT molecular complexity index is 975. The van der Waals surface area contributed by atoms with Gasteiger partial charge in [-0.1, -0.05) is 41.9 Å². The second-order valence-corrected chi connectivity index (χ2v) is 9.37. The van der Waals surface area contributed by atoms with Gasteiger partial charge in [-0.3, -0.25) is 9.59 Å². The zero-order valence-electron chi connectivity index (χ0n) is 16.5. The smallest absolute Gasteiger partial charge is 0.327 e. The Morgan fingerprint density at radius 1 is 1.07 bits per heavy atom. The Kier molecular flexibility index (Phi) is 8.54. The van der Waals surface area contributed by atoms with Crippen LogP contribution in [0.1, 0.15) is 25.3 Å². The summed E-state index contributed by atoms with van der Waals surface area (Å²) in [6.07, 6.45) is 0. The molecule has 2 aromatic rings.